The van der Waals surface area contributed by atoms with E-state index in [2.05, 4.69) is 16.6 Å². The van der Waals surface area contributed by atoms with E-state index in [1.165, 1.54) is 5.56 Å². The molecule has 3 aromatic rings. The molecule has 0 unspecified atom stereocenters. The minimum atomic E-state index is -3.50. The van der Waals surface area contributed by atoms with E-state index in [-0.39, 0.29) is 12.0 Å². The molecule has 0 aliphatic heterocycles. The van der Waals surface area contributed by atoms with Crippen molar-refractivity contribution in [1.29, 1.82) is 0 Å². The van der Waals surface area contributed by atoms with Crippen LogP contribution in [0.5, 0.6) is 0 Å². The molecule has 2 aromatic carbocycles. The maximum atomic E-state index is 12.6. The Kier molecular flexibility index (Phi) is 4.65. The molecule has 1 saturated carbocycles. The van der Waals surface area contributed by atoms with Crippen LogP contribution in [0.25, 0.3) is 11.3 Å². The van der Waals surface area contributed by atoms with Gasteiger partial charge in [-0.3, -0.25) is 0 Å². The lowest BCUT2D eigenvalue weighted by Crippen LogP contribution is -2.26. The highest BCUT2D eigenvalue weighted by Crippen LogP contribution is 2.41. The number of nitrogens with one attached hydrogen (secondary N) is 1. The summed E-state index contributed by atoms with van der Waals surface area (Å²) in [5, 5.41) is 3.09. The number of nitrogens with zero attached hydrogens (tertiary/aromatic N) is 1. The SMILES string of the molecule is CCc1nc(-c2ccc(S(=O)(=O)N[C@@H]3C[C@H]3c3ccccc3)cc2)cs1. The molecule has 1 aromatic heterocycles. The van der Waals surface area contributed by atoms with E-state index >= 15 is 0 Å². The average molecular weight is 385 g/mol. The smallest absolute Gasteiger partial charge is 0.240 e. The van der Waals surface area contributed by atoms with Crippen LogP contribution >= 0.6 is 11.3 Å². The van der Waals surface area contributed by atoms with E-state index in [0.29, 0.717) is 4.90 Å². The molecule has 1 fully saturated rings. The molecule has 1 aliphatic carbocycles. The van der Waals surface area contributed by atoms with Crippen LogP contribution in [0.15, 0.2) is 64.9 Å². The van der Waals surface area contributed by atoms with Crippen molar-refractivity contribution in [1.82, 2.24) is 9.71 Å². The van der Waals surface area contributed by atoms with Crippen LogP contribution in [0.1, 0.15) is 29.8 Å². The highest BCUT2D eigenvalue weighted by Gasteiger charge is 2.41. The fraction of sp³-hybridized carbons (Fsp3) is 0.250. The van der Waals surface area contributed by atoms with Gasteiger partial charge in [0.05, 0.1) is 15.6 Å². The molecule has 0 spiro atoms. The number of rotatable bonds is 6. The van der Waals surface area contributed by atoms with E-state index in [4.69, 9.17) is 0 Å². The highest BCUT2D eigenvalue weighted by molar-refractivity contribution is 7.89. The largest absolute Gasteiger partial charge is 0.241 e. The highest BCUT2D eigenvalue weighted by atomic mass is 32.2. The zero-order valence-corrected chi connectivity index (χ0v) is 16.1. The fourth-order valence-electron chi connectivity index (χ4n) is 3.07. The third-order valence-corrected chi connectivity index (χ3v) is 7.14. The van der Waals surface area contributed by atoms with Crippen LogP contribution in [0, 0.1) is 0 Å². The number of aromatic nitrogens is 1. The second kappa shape index (κ2) is 6.95. The molecule has 0 radical (unpaired) electrons. The number of hydrogen-bond acceptors (Lipinski definition) is 4. The van der Waals surface area contributed by atoms with Gasteiger partial charge in [-0.15, -0.1) is 11.3 Å². The van der Waals surface area contributed by atoms with Crippen LogP contribution in [-0.4, -0.2) is 19.4 Å². The van der Waals surface area contributed by atoms with Gasteiger partial charge in [0.25, 0.3) is 0 Å². The Bertz CT molecular complexity index is 996. The van der Waals surface area contributed by atoms with Gasteiger partial charge >= 0.3 is 0 Å². The monoisotopic (exact) mass is 384 g/mol. The van der Waals surface area contributed by atoms with Gasteiger partial charge in [0.2, 0.25) is 10.0 Å². The molecule has 134 valence electrons. The maximum absolute atomic E-state index is 12.6. The normalized spacial score (nSPS) is 19.4. The molecular weight excluding hydrogens is 364 g/mol. The first-order chi connectivity index (χ1) is 12.6. The first kappa shape index (κ1) is 17.4. The summed E-state index contributed by atoms with van der Waals surface area (Å²) < 4.78 is 28.1. The molecule has 1 heterocycles. The number of benzene rings is 2. The quantitative estimate of drug-likeness (QED) is 0.693. The van der Waals surface area contributed by atoms with Gasteiger partial charge in [0.1, 0.15) is 0 Å². The van der Waals surface area contributed by atoms with Crippen molar-refractivity contribution in [3.8, 4) is 11.3 Å². The van der Waals surface area contributed by atoms with Crippen molar-refractivity contribution in [3.63, 3.8) is 0 Å². The molecule has 1 aliphatic rings. The zero-order valence-electron chi connectivity index (χ0n) is 14.4. The Morgan fingerprint density at radius 3 is 2.50 bits per heavy atom. The molecule has 1 N–H and O–H groups in total. The van der Waals surface area contributed by atoms with Gasteiger partial charge in [-0.2, -0.15) is 0 Å². The van der Waals surface area contributed by atoms with Gasteiger partial charge in [0.15, 0.2) is 0 Å². The molecule has 0 amide bonds. The minimum absolute atomic E-state index is 0.0206. The lowest BCUT2D eigenvalue weighted by molar-refractivity contribution is 0.580. The Hall–Kier alpha value is -2.02. The zero-order chi connectivity index (χ0) is 18.1. The lowest BCUT2D eigenvalue weighted by atomic mass is 10.1. The van der Waals surface area contributed by atoms with E-state index in [0.717, 1.165) is 29.1 Å². The van der Waals surface area contributed by atoms with Crippen molar-refractivity contribution in [2.24, 2.45) is 0 Å². The molecule has 0 bridgehead atoms. The number of thiazole rings is 1. The Morgan fingerprint density at radius 1 is 1.12 bits per heavy atom. The summed E-state index contributed by atoms with van der Waals surface area (Å²) in [6, 6.07) is 17.0. The van der Waals surface area contributed by atoms with Crippen LogP contribution in [0.2, 0.25) is 0 Å². The predicted octanol–water partition coefficient (Wildman–Crippen LogP) is 4.21. The van der Waals surface area contributed by atoms with Gasteiger partial charge < -0.3 is 0 Å². The second-order valence-corrected chi connectivity index (χ2v) is 9.14. The fourth-order valence-corrected chi connectivity index (χ4v) is 5.12. The summed E-state index contributed by atoms with van der Waals surface area (Å²) in [5.41, 5.74) is 3.02. The van der Waals surface area contributed by atoms with Crippen LogP contribution in [0.4, 0.5) is 0 Å². The van der Waals surface area contributed by atoms with Crippen LogP contribution in [-0.2, 0) is 16.4 Å². The third-order valence-electron chi connectivity index (χ3n) is 4.64. The molecule has 0 saturated heterocycles. The number of sulfonamides is 1. The Morgan fingerprint density at radius 2 is 1.85 bits per heavy atom. The van der Waals surface area contributed by atoms with Crippen LogP contribution in [0.3, 0.4) is 0 Å². The van der Waals surface area contributed by atoms with Crippen molar-refractivity contribution in [3.05, 3.63) is 70.5 Å². The predicted molar refractivity (Wildman–Crippen MR) is 105 cm³/mol. The second-order valence-electron chi connectivity index (χ2n) is 6.49. The molecule has 4 rings (SSSR count). The summed E-state index contributed by atoms with van der Waals surface area (Å²) in [5.74, 6) is 0.271. The molecule has 6 heteroatoms. The minimum Gasteiger partial charge on any atom is -0.241 e. The Balaban J connectivity index is 1.46. The van der Waals surface area contributed by atoms with Gasteiger partial charge in [-0.1, -0.05) is 49.4 Å². The van der Waals surface area contributed by atoms with Crippen molar-refractivity contribution in [2.45, 2.75) is 36.6 Å². The van der Waals surface area contributed by atoms with Crippen molar-refractivity contribution in [2.75, 3.05) is 0 Å². The standard InChI is InChI=1S/C20H20N2O2S2/c1-2-20-21-19(13-25-20)15-8-10-16(11-9-15)26(23,24)22-18-12-17(18)14-6-4-3-5-7-14/h3-11,13,17-18,22H,2,12H2,1H3/t17-,18+/m0/s1. The Labute approximate surface area is 158 Å². The first-order valence-corrected chi connectivity index (χ1v) is 11.1. The van der Waals surface area contributed by atoms with Gasteiger partial charge in [-0.05, 0) is 30.5 Å². The molecule has 2 atom stereocenters. The molecule has 26 heavy (non-hydrogen) atoms. The summed E-state index contributed by atoms with van der Waals surface area (Å²) >= 11 is 1.63. The summed E-state index contributed by atoms with van der Waals surface area (Å²) in [6.07, 6.45) is 1.75. The topological polar surface area (TPSA) is 59.1 Å². The lowest BCUT2D eigenvalue weighted by Gasteiger charge is -2.07. The summed E-state index contributed by atoms with van der Waals surface area (Å²) in [7, 11) is -3.50. The van der Waals surface area contributed by atoms with Crippen LogP contribution < -0.4 is 4.72 Å². The molecule has 4 nitrogen and oxygen atoms in total. The van der Waals surface area contributed by atoms with E-state index in [1.807, 2.05) is 47.8 Å². The van der Waals surface area contributed by atoms with Crippen molar-refractivity contribution < 1.29 is 8.42 Å². The van der Waals surface area contributed by atoms with Crippen molar-refractivity contribution >= 4 is 21.4 Å². The van der Waals surface area contributed by atoms with Gasteiger partial charge in [-0.25, -0.2) is 18.1 Å². The first-order valence-electron chi connectivity index (χ1n) is 8.69. The number of hydrogen-bond donors (Lipinski definition) is 1. The third kappa shape index (κ3) is 3.58. The average Bonchev–Trinajstić information content (AvgIpc) is 3.25. The van der Waals surface area contributed by atoms with E-state index in [9.17, 15) is 8.42 Å². The molecular formula is C20H20N2O2S2. The number of aryl methyl sites for hydroxylation is 1. The summed E-state index contributed by atoms with van der Waals surface area (Å²) in [6.45, 7) is 2.07. The van der Waals surface area contributed by atoms with E-state index < -0.39 is 10.0 Å². The summed E-state index contributed by atoms with van der Waals surface area (Å²) in [4.78, 5) is 4.84. The van der Waals surface area contributed by atoms with Gasteiger partial charge in [0, 0.05) is 22.9 Å². The van der Waals surface area contributed by atoms with E-state index in [1.54, 1.807) is 23.5 Å². The maximum Gasteiger partial charge on any atom is 0.240 e.